The van der Waals surface area contributed by atoms with Gasteiger partial charge in [-0.3, -0.25) is 4.79 Å². The van der Waals surface area contributed by atoms with Crippen LogP contribution in [0.5, 0.6) is 5.75 Å². The molecule has 0 radical (unpaired) electrons. The lowest BCUT2D eigenvalue weighted by atomic mass is 9.92. The van der Waals surface area contributed by atoms with Crippen LogP contribution in [0.15, 0.2) is 36.4 Å². The number of carbonyl (C=O) groups excluding carboxylic acids is 1. The molecule has 1 fully saturated rings. The van der Waals surface area contributed by atoms with E-state index < -0.39 is 0 Å². The Morgan fingerprint density at radius 3 is 2.42 bits per heavy atom. The van der Waals surface area contributed by atoms with Crippen LogP contribution in [-0.4, -0.2) is 11.4 Å². The average molecular weight is 256 g/mol. The van der Waals surface area contributed by atoms with Crippen LogP contribution in [0.3, 0.4) is 0 Å². The fraction of sp³-hybridized carbons (Fsp3) is 0.188. The fourth-order valence-electron chi connectivity index (χ4n) is 2.45. The fourth-order valence-corrected chi connectivity index (χ4v) is 2.45. The van der Waals surface area contributed by atoms with Crippen LogP contribution in [0.1, 0.15) is 34.7 Å². The van der Waals surface area contributed by atoms with Gasteiger partial charge in [-0.2, -0.15) is 0 Å². The molecule has 0 bridgehead atoms. The van der Waals surface area contributed by atoms with E-state index in [1.54, 1.807) is 18.2 Å². The number of rotatable bonds is 3. The lowest BCUT2D eigenvalue weighted by Gasteiger charge is -2.12. The van der Waals surface area contributed by atoms with E-state index in [2.05, 4.69) is 0 Å². The molecule has 0 unspecified atom stereocenters. The predicted molar refractivity (Wildman–Crippen MR) is 70.9 cm³/mol. The molecule has 0 aromatic heterocycles. The van der Waals surface area contributed by atoms with E-state index in [-0.39, 0.29) is 11.6 Å². The number of aromatic hydroxyl groups is 1. The molecule has 1 N–H and O–H groups in total. The largest absolute Gasteiger partial charge is 0.508 e. The zero-order valence-corrected chi connectivity index (χ0v) is 10.3. The Morgan fingerprint density at radius 2 is 1.84 bits per heavy atom. The first kappa shape index (κ1) is 11.9. The molecule has 19 heavy (non-hydrogen) atoms. The second-order valence-corrected chi connectivity index (χ2v) is 4.90. The van der Waals surface area contributed by atoms with Gasteiger partial charge in [0.15, 0.2) is 0 Å². The molecular weight excluding hydrogens is 243 g/mol. The lowest BCUT2D eigenvalue weighted by Crippen LogP contribution is -1.95. The van der Waals surface area contributed by atoms with Crippen LogP contribution in [0.4, 0.5) is 4.39 Å². The molecular formula is C16H13FO2. The molecule has 0 atom stereocenters. The number of carbonyl (C=O) groups is 1. The van der Waals surface area contributed by atoms with Crippen LogP contribution in [-0.2, 0) is 0 Å². The maximum atomic E-state index is 13.0. The normalized spacial score (nSPS) is 14.4. The Balaban J connectivity index is 2.21. The molecule has 3 rings (SSSR count). The number of halogens is 1. The molecule has 1 aliphatic carbocycles. The third-order valence-corrected chi connectivity index (χ3v) is 3.46. The molecule has 3 heteroatoms. The van der Waals surface area contributed by atoms with Gasteiger partial charge in [-0.1, -0.05) is 12.1 Å². The van der Waals surface area contributed by atoms with Gasteiger partial charge in [0.2, 0.25) is 0 Å². The number of phenols is 1. The Bertz CT molecular complexity index is 628. The van der Waals surface area contributed by atoms with Crippen molar-refractivity contribution in [3.63, 3.8) is 0 Å². The summed E-state index contributed by atoms with van der Waals surface area (Å²) in [6.45, 7) is 0. The molecule has 1 aliphatic rings. The van der Waals surface area contributed by atoms with E-state index in [1.807, 2.05) is 0 Å². The first-order valence-corrected chi connectivity index (χ1v) is 6.27. The van der Waals surface area contributed by atoms with E-state index in [0.29, 0.717) is 11.5 Å². The Kier molecular flexibility index (Phi) is 2.82. The van der Waals surface area contributed by atoms with Gasteiger partial charge in [0.1, 0.15) is 17.9 Å². The molecule has 2 nitrogen and oxygen atoms in total. The first-order valence-electron chi connectivity index (χ1n) is 6.27. The molecule has 96 valence electrons. The summed E-state index contributed by atoms with van der Waals surface area (Å²) >= 11 is 0. The Morgan fingerprint density at radius 1 is 1.16 bits per heavy atom. The van der Waals surface area contributed by atoms with Gasteiger partial charge in [-0.15, -0.1) is 0 Å². The highest BCUT2D eigenvalue weighted by molar-refractivity contribution is 5.85. The van der Waals surface area contributed by atoms with E-state index >= 15 is 0 Å². The van der Waals surface area contributed by atoms with Gasteiger partial charge in [0.25, 0.3) is 0 Å². The highest BCUT2D eigenvalue weighted by atomic mass is 19.1. The summed E-state index contributed by atoms with van der Waals surface area (Å²) < 4.78 is 13.0. The summed E-state index contributed by atoms with van der Waals surface area (Å²) in [6, 6.07) is 9.25. The number of phenolic OH excluding ortho intramolecular Hbond substituents is 1. The minimum atomic E-state index is -0.299. The second-order valence-electron chi connectivity index (χ2n) is 4.90. The van der Waals surface area contributed by atoms with Gasteiger partial charge in [-0.05, 0) is 59.7 Å². The Labute approximate surface area is 110 Å². The van der Waals surface area contributed by atoms with Crippen molar-refractivity contribution in [3.8, 4) is 16.9 Å². The van der Waals surface area contributed by atoms with Gasteiger partial charge >= 0.3 is 0 Å². The van der Waals surface area contributed by atoms with Gasteiger partial charge in [-0.25, -0.2) is 4.39 Å². The SMILES string of the molecule is O=Cc1cc(O)cc(-c2ccc(F)cc2)c1C1CC1. The van der Waals surface area contributed by atoms with Crippen molar-refractivity contribution >= 4 is 6.29 Å². The van der Waals surface area contributed by atoms with Crippen molar-refractivity contribution in [1.29, 1.82) is 0 Å². The minimum absolute atomic E-state index is 0.0609. The summed E-state index contributed by atoms with van der Waals surface area (Å²) in [5, 5.41) is 9.73. The number of hydrogen-bond acceptors (Lipinski definition) is 2. The highest BCUT2D eigenvalue weighted by Gasteiger charge is 2.29. The van der Waals surface area contributed by atoms with Gasteiger partial charge < -0.3 is 5.11 Å². The van der Waals surface area contributed by atoms with E-state index in [1.165, 1.54) is 18.2 Å². The minimum Gasteiger partial charge on any atom is -0.508 e. The number of hydrogen-bond donors (Lipinski definition) is 1. The average Bonchev–Trinajstić information content (AvgIpc) is 3.23. The predicted octanol–water partition coefficient (Wildman–Crippen LogP) is 3.89. The van der Waals surface area contributed by atoms with Crippen LogP contribution in [0.2, 0.25) is 0 Å². The third kappa shape index (κ3) is 2.24. The molecule has 1 saturated carbocycles. The van der Waals surface area contributed by atoms with Crippen molar-refractivity contribution in [1.82, 2.24) is 0 Å². The van der Waals surface area contributed by atoms with Crippen LogP contribution in [0.25, 0.3) is 11.1 Å². The maximum absolute atomic E-state index is 13.0. The van der Waals surface area contributed by atoms with Crippen LogP contribution < -0.4 is 0 Å². The molecule has 2 aromatic rings. The van der Waals surface area contributed by atoms with Crippen molar-refractivity contribution in [3.05, 3.63) is 53.3 Å². The second kappa shape index (κ2) is 4.50. The van der Waals surface area contributed by atoms with Crippen molar-refractivity contribution in [2.45, 2.75) is 18.8 Å². The van der Waals surface area contributed by atoms with Crippen LogP contribution in [0, 0.1) is 5.82 Å². The number of benzene rings is 2. The van der Waals surface area contributed by atoms with Gasteiger partial charge in [0, 0.05) is 5.56 Å². The summed E-state index contributed by atoms with van der Waals surface area (Å²) in [5.41, 5.74) is 3.15. The first-order chi connectivity index (χ1) is 9.19. The summed E-state index contributed by atoms with van der Waals surface area (Å²) in [4.78, 5) is 11.2. The van der Waals surface area contributed by atoms with E-state index in [0.717, 1.165) is 35.8 Å². The summed E-state index contributed by atoms with van der Waals surface area (Å²) in [6.07, 6.45) is 2.89. The maximum Gasteiger partial charge on any atom is 0.150 e. The molecule has 2 aromatic carbocycles. The van der Waals surface area contributed by atoms with Crippen molar-refractivity contribution < 1.29 is 14.3 Å². The smallest absolute Gasteiger partial charge is 0.150 e. The molecule has 0 spiro atoms. The van der Waals surface area contributed by atoms with Crippen LogP contribution >= 0.6 is 0 Å². The standard InChI is InChI=1S/C16H13FO2/c17-13-5-3-10(4-6-13)15-8-14(19)7-12(9-18)16(15)11-1-2-11/h3-9,11,19H,1-2H2. The highest BCUT2D eigenvalue weighted by Crippen LogP contribution is 2.46. The van der Waals surface area contributed by atoms with Crippen molar-refractivity contribution in [2.75, 3.05) is 0 Å². The molecule has 0 aliphatic heterocycles. The molecule has 0 saturated heterocycles. The lowest BCUT2D eigenvalue weighted by molar-refractivity contribution is 0.112. The number of aldehydes is 1. The third-order valence-electron chi connectivity index (χ3n) is 3.46. The Hall–Kier alpha value is -2.16. The topological polar surface area (TPSA) is 37.3 Å². The summed E-state index contributed by atoms with van der Waals surface area (Å²) in [5.74, 6) is 0.138. The van der Waals surface area contributed by atoms with E-state index in [4.69, 9.17) is 0 Å². The van der Waals surface area contributed by atoms with E-state index in [9.17, 15) is 14.3 Å². The quantitative estimate of drug-likeness (QED) is 0.846. The van der Waals surface area contributed by atoms with Gasteiger partial charge in [0.05, 0.1) is 0 Å². The zero-order valence-electron chi connectivity index (χ0n) is 10.3. The molecule has 0 heterocycles. The monoisotopic (exact) mass is 256 g/mol. The van der Waals surface area contributed by atoms with Crippen molar-refractivity contribution in [2.24, 2.45) is 0 Å². The summed E-state index contributed by atoms with van der Waals surface area (Å²) in [7, 11) is 0. The zero-order chi connectivity index (χ0) is 13.4. The molecule has 0 amide bonds.